The van der Waals surface area contributed by atoms with Gasteiger partial charge in [-0.3, -0.25) is 19.2 Å². The summed E-state index contributed by atoms with van der Waals surface area (Å²) in [6.45, 7) is 4.49. The van der Waals surface area contributed by atoms with E-state index in [1.807, 2.05) is 43.3 Å². The lowest BCUT2D eigenvalue weighted by Gasteiger charge is -2.37. The van der Waals surface area contributed by atoms with Gasteiger partial charge >= 0.3 is 5.97 Å². The van der Waals surface area contributed by atoms with E-state index in [1.165, 1.54) is 12.0 Å². The van der Waals surface area contributed by atoms with Gasteiger partial charge < -0.3 is 34.4 Å². The molecule has 0 aliphatic carbocycles. The summed E-state index contributed by atoms with van der Waals surface area (Å²) in [6.07, 6.45) is 7.94. The minimum Gasteiger partial charge on any atom is -0.455 e. The van der Waals surface area contributed by atoms with E-state index in [4.69, 9.17) is 14.2 Å². The molecule has 0 bridgehead atoms. The Morgan fingerprint density at radius 3 is 2.62 bits per heavy atom. The predicted octanol–water partition coefficient (Wildman–Crippen LogP) is 2.30. The summed E-state index contributed by atoms with van der Waals surface area (Å²) in [5, 5.41) is 12.6. The van der Waals surface area contributed by atoms with Crippen LogP contribution in [-0.4, -0.2) is 102 Å². The topological polar surface area (TPSA) is 135 Å². The first kappa shape index (κ1) is 32.8. The van der Waals surface area contributed by atoms with Gasteiger partial charge in [0.05, 0.1) is 24.7 Å². The monoisotopic (exact) mass is 623 g/mol. The van der Waals surface area contributed by atoms with Crippen molar-refractivity contribution in [2.45, 2.75) is 81.9 Å². The van der Waals surface area contributed by atoms with E-state index >= 15 is 0 Å². The van der Waals surface area contributed by atoms with Crippen LogP contribution < -0.4 is 5.32 Å². The van der Waals surface area contributed by atoms with Crippen molar-refractivity contribution >= 4 is 23.7 Å². The molecule has 1 aromatic carbocycles. The van der Waals surface area contributed by atoms with Crippen LogP contribution in [0, 0.1) is 11.8 Å². The number of ether oxygens (including phenoxy) is 3. The number of aliphatic hydroxyl groups is 1. The van der Waals surface area contributed by atoms with Crippen LogP contribution in [0.25, 0.3) is 0 Å². The number of hydrogen-bond acceptors (Lipinski definition) is 8. The van der Waals surface area contributed by atoms with Crippen molar-refractivity contribution in [3.63, 3.8) is 0 Å². The second-order valence-electron chi connectivity index (χ2n) is 12.3. The number of methoxy groups -OCH3 is 1. The van der Waals surface area contributed by atoms with Crippen LogP contribution in [0.1, 0.15) is 57.6 Å². The number of amides is 3. The molecule has 1 spiro atoms. The Morgan fingerprint density at radius 2 is 1.91 bits per heavy atom. The molecule has 5 rings (SSSR count). The first-order valence-corrected chi connectivity index (χ1v) is 16.0. The average molecular weight is 624 g/mol. The van der Waals surface area contributed by atoms with Gasteiger partial charge in [-0.2, -0.15) is 0 Å². The van der Waals surface area contributed by atoms with Gasteiger partial charge in [0, 0.05) is 39.3 Å². The Bertz CT molecular complexity index is 1300. The zero-order valence-electron chi connectivity index (χ0n) is 26.3. The molecule has 0 radical (unpaired) electrons. The first-order valence-electron chi connectivity index (χ1n) is 16.0. The van der Waals surface area contributed by atoms with Crippen LogP contribution in [0.2, 0.25) is 0 Å². The number of nitrogens with one attached hydrogen (secondary N) is 1. The number of nitrogens with zero attached hydrogens (tertiary/aromatic N) is 2. The number of likely N-dealkylation sites (tertiary alicyclic amines) is 1. The van der Waals surface area contributed by atoms with E-state index in [9.17, 15) is 24.3 Å². The summed E-state index contributed by atoms with van der Waals surface area (Å²) in [5.41, 5.74) is -0.748. The van der Waals surface area contributed by atoms with Gasteiger partial charge in [-0.05, 0) is 31.7 Å². The molecule has 1 unspecified atom stereocenters. The summed E-state index contributed by atoms with van der Waals surface area (Å²) >= 11 is 0. The maximum Gasteiger partial charge on any atom is 0.313 e. The summed E-state index contributed by atoms with van der Waals surface area (Å²) in [5.74, 6) is -3.57. The molecule has 45 heavy (non-hydrogen) atoms. The third-order valence-electron chi connectivity index (χ3n) is 9.39. The molecule has 2 fully saturated rings. The van der Waals surface area contributed by atoms with Crippen LogP contribution in [0.15, 0.2) is 54.6 Å². The molecule has 2 saturated heterocycles. The lowest BCUT2D eigenvalue weighted by molar-refractivity contribution is -0.162. The van der Waals surface area contributed by atoms with E-state index in [-0.39, 0.29) is 56.4 Å². The van der Waals surface area contributed by atoms with Crippen LogP contribution >= 0.6 is 0 Å². The highest BCUT2D eigenvalue weighted by molar-refractivity contribution is 5.99. The molecule has 11 nitrogen and oxygen atoms in total. The third-order valence-corrected chi connectivity index (χ3v) is 9.39. The lowest BCUT2D eigenvalue weighted by atomic mass is 9.77. The van der Waals surface area contributed by atoms with Gasteiger partial charge in [-0.1, -0.05) is 68.0 Å². The standard InChI is InChI=1S/C34H45N3O8/c1-4-12-22(2)36-18-10-17-34-28(31(40)37(19-11-20-38)30(34)32(36)41)27-25(45-34)15-8-9-16-26(39)35-24(21-43-3)29(44-33(27)42)23-13-6-5-7-14-23/h5-8,10,13-15,17,22,24-25,27-30,38H,4,9,11-12,16,18-21H2,1-3H3,(H,35,39)/b15-8-/t22?,24-,25-,27+,28+,29-,30-,34+/m0/s1. The molecule has 4 heterocycles. The quantitative estimate of drug-likeness (QED) is 0.316. The smallest absolute Gasteiger partial charge is 0.313 e. The fraction of sp³-hybridized carbons (Fsp3) is 0.588. The van der Waals surface area contributed by atoms with Crippen LogP contribution in [0.3, 0.4) is 0 Å². The highest BCUT2D eigenvalue weighted by atomic mass is 16.6. The van der Waals surface area contributed by atoms with Gasteiger partial charge in [-0.25, -0.2) is 0 Å². The molecule has 1 aromatic rings. The molecule has 0 saturated carbocycles. The van der Waals surface area contributed by atoms with E-state index in [1.54, 1.807) is 23.1 Å². The number of fused-ring (bicyclic) bond motifs is 2. The number of aliphatic hydroxyl groups excluding tert-OH is 1. The third kappa shape index (κ3) is 6.30. The molecule has 8 atom stereocenters. The normalized spacial score (nSPS) is 33.2. The molecule has 11 heteroatoms. The van der Waals surface area contributed by atoms with Gasteiger partial charge in [0.2, 0.25) is 17.7 Å². The van der Waals surface area contributed by atoms with Gasteiger partial charge in [0.15, 0.2) is 0 Å². The summed E-state index contributed by atoms with van der Waals surface area (Å²) < 4.78 is 18.4. The lowest BCUT2D eigenvalue weighted by Crippen LogP contribution is -2.56. The molecule has 2 N–H and O–H groups in total. The van der Waals surface area contributed by atoms with E-state index < -0.39 is 47.7 Å². The molecule has 4 aliphatic heterocycles. The molecule has 244 valence electrons. The fourth-order valence-electron chi connectivity index (χ4n) is 7.36. The van der Waals surface area contributed by atoms with E-state index in [0.717, 1.165) is 12.8 Å². The van der Waals surface area contributed by atoms with Crippen molar-refractivity contribution < 1.29 is 38.5 Å². The van der Waals surface area contributed by atoms with E-state index in [0.29, 0.717) is 18.5 Å². The second-order valence-corrected chi connectivity index (χ2v) is 12.3. The number of esters is 1. The van der Waals surface area contributed by atoms with Crippen LogP contribution in [0.5, 0.6) is 0 Å². The van der Waals surface area contributed by atoms with Crippen LogP contribution in [-0.2, 0) is 33.4 Å². The van der Waals surface area contributed by atoms with Crippen molar-refractivity contribution in [1.29, 1.82) is 0 Å². The Balaban J connectivity index is 1.59. The maximum atomic E-state index is 14.4. The minimum absolute atomic E-state index is 0.0648. The molecule has 0 aromatic heterocycles. The summed E-state index contributed by atoms with van der Waals surface area (Å²) in [4.78, 5) is 59.4. The summed E-state index contributed by atoms with van der Waals surface area (Å²) in [7, 11) is 1.51. The van der Waals surface area contributed by atoms with Gasteiger partial charge in [0.1, 0.15) is 23.7 Å². The summed E-state index contributed by atoms with van der Waals surface area (Å²) in [6, 6.07) is 7.36. The van der Waals surface area contributed by atoms with Crippen molar-refractivity contribution in [1.82, 2.24) is 15.1 Å². The maximum absolute atomic E-state index is 14.4. The molecular weight excluding hydrogens is 578 g/mol. The highest BCUT2D eigenvalue weighted by Gasteiger charge is 2.71. The van der Waals surface area contributed by atoms with Gasteiger partial charge in [0.25, 0.3) is 0 Å². The Labute approximate surface area is 264 Å². The Hall–Kier alpha value is -3.54. The number of rotatable bonds is 9. The minimum atomic E-state index is -1.41. The average Bonchev–Trinajstić information content (AvgIpc) is 3.40. The zero-order chi connectivity index (χ0) is 32.1. The number of cyclic esters (lactones) is 1. The molecule has 4 aliphatic rings. The number of carbonyl (C=O) groups is 4. The first-order chi connectivity index (χ1) is 21.8. The van der Waals surface area contributed by atoms with Crippen LogP contribution in [0.4, 0.5) is 0 Å². The molecule has 3 amide bonds. The number of hydrogen-bond donors (Lipinski definition) is 2. The van der Waals surface area contributed by atoms with Crippen molar-refractivity contribution in [2.24, 2.45) is 11.8 Å². The van der Waals surface area contributed by atoms with Gasteiger partial charge in [-0.15, -0.1) is 0 Å². The SMILES string of the molecule is CCCC(C)N1CC=C[C@@]23O[C@H]4/C=C\CCC(=O)N[C@@H](COC)[C@H](c5ccccc5)OC(=O)[C@H]4[C@@H]2C(=O)N(CCCO)[C@H]3C1=O. The highest BCUT2D eigenvalue weighted by Crippen LogP contribution is 2.53. The fourth-order valence-corrected chi connectivity index (χ4v) is 7.36. The Morgan fingerprint density at radius 1 is 1.13 bits per heavy atom. The Kier molecular flexibility index (Phi) is 10.4. The van der Waals surface area contributed by atoms with Crippen molar-refractivity contribution in [3.05, 3.63) is 60.2 Å². The largest absolute Gasteiger partial charge is 0.455 e. The number of carbonyl (C=O) groups excluding carboxylic acids is 4. The number of benzene rings is 1. The zero-order valence-corrected chi connectivity index (χ0v) is 26.3. The van der Waals surface area contributed by atoms with E-state index in [2.05, 4.69) is 12.2 Å². The van der Waals surface area contributed by atoms with Crippen molar-refractivity contribution in [3.8, 4) is 0 Å². The molecular formula is C34H45N3O8. The number of allylic oxidation sites excluding steroid dienone is 1. The predicted molar refractivity (Wildman–Crippen MR) is 164 cm³/mol. The second kappa shape index (κ2) is 14.3. The van der Waals surface area contributed by atoms with Crippen molar-refractivity contribution in [2.75, 3.05) is 33.4 Å².